The molecule has 0 saturated carbocycles. The summed E-state index contributed by atoms with van der Waals surface area (Å²) in [5.41, 5.74) is -0.687. The van der Waals surface area contributed by atoms with Crippen molar-refractivity contribution >= 4 is 17.8 Å². The molecule has 0 aromatic carbocycles. The van der Waals surface area contributed by atoms with Crippen LogP contribution >= 0.6 is 0 Å². The van der Waals surface area contributed by atoms with Crippen LogP contribution in [0.3, 0.4) is 0 Å². The maximum absolute atomic E-state index is 11.4. The van der Waals surface area contributed by atoms with E-state index in [2.05, 4.69) is 15.0 Å². The van der Waals surface area contributed by atoms with Gasteiger partial charge in [0.05, 0.1) is 25.7 Å². The van der Waals surface area contributed by atoms with Gasteiger partial charge in [-0.2, -0.15) is 0 Å². The quantitative estimate of drug-likeness (QED) is 0.492. The molecular formula is C16H24N2O7. The summed E-state index contributed by atoms with van der Waals surface area (Å²) in [5, 5.41) is 29.3. The van der Waals surface area contributed by atoms with Crippen LogP contribution in [0.25, 0.3) is 0 Å². The number of carboxylic acids is 1. The maximum Gasteiger partial charge on any atom is 0.337 e. The third-order valence-electron chi connectivity index (χ3n) is 3.16. The van der Waals surface area contributed by atoms with E-state index < -0.39 is 29.4 Å². The van der Waals surface area contributed by atoms with E-state index in [4.69, 9.17) is 10.2 Å². The number of hydrogen-bond donors (Lipinski definition) is 4. The first kappa shape index (κ1) is 22.5. The second kappa shape index (κ2) is 11.1. The standard InChI is InChI=1S/C10H19NO5.C6H5NO2/c1-10(2,6-12)8(14)9(15)11-5-4-7(13)16-3;8-6(9)5-2-1-3-7-4-5/h8,12,14H,4-6H2,1-3H3,(H,11,15);1-4H,(H,8,9)/t8-;/m0./s1. The van der Waals surface area contributed by atoms with Crippen molar-refractivity contribution in [3.8, 4) is 0 Å². The summed E-state index contributed by atoms with van der Waals surface area (Å²) in [6, 6.07) is 3.08. The highest BCUT2D eigenvalue weighted by atomic mass is 16.5. The van der Waals surface area contributed by atoms with E-state index in [-0.39, 0.29) is 25.1 Å². The average Bonchev–Trinajstić information content (AvgIpc) is 2.61. The Morgan fingerprint density at radius 2 is 2.00 bits per heavy atom. The SMILES string of the molecule is COC(=O)CCNC(=O)[C@H](O)C(C)(C)CO.O=C(O)c1cccnc1. The highest BCUT2D eigenvalue weighted by Gasteiger charge is 2.32. The number of ether oxygens (including phenoxy) is 1. The van der Waals surface area contributed by atoms with Gasteiger partial charge in [-0.05, 0) is 12.1 Å². The van der Waals surface area contributed by atoms with Crippen molar-refractivity contribution < 1.29 is 34.4 Å². The number of pyridine rings is 1. The van der Waals surface area contributed by atoms with E-state index >= 15 is 0 Å². The van der Waals surface area contributed by atoms with Crippen molar-refractivity contribution in [2.75, 3.05) is 20.3 Å². The van der Waals surface area contributed by atoms with Gasteiger partial charge in [-0.15, -0.1) is 0 Å². The maximum atomic E-state index is 11.4. The molecule has 0 bridgehead atoms. The van der Waals surface area contributed by atoms with Gasteiger partial charge in [0.25, 0.3) is 0 Å². The number of rotatable bonds is 7. The largest absolute Gasteiger partial charge is 0.478 e. The Labute approximate surface area is 145 Å². The molecule has 1 amide bonds. The predicted octanol–water partition coefficient (Wildman–Crippen LogP) is -0.175. The van der Waals surface area contributed by atoms with Crippen molar-refractivity contribution in [1.82, 2.24) is 10.3 Å². The molecule has 1 aromatic rings. The Hall–Kier alpha value is -2.52. The second-order valence-corrected chi connectivity index (χ2v) is 5.71. The molecule has 0 spiro atoms. The number of aromatic nitrogens is 1. The second-order valence-electron chi connectivity index (χ2n) is 5.71. The van der Waals surface area contributed by atoms with Gasteiger partial charge in [0.2, 0.25) is 5.91 Å². The molecule has 0 unspecified atom stereocenters. The summed E-state index contributed by atoms with van der Waals surface area (Å²) in [5.74, 6) is -1.98. The average molecular weight is 356 g/mol. The number of carbonyl (C=O) groups excluding carboxylic acids is 2. The lowest BCUT2D eigenvalue weighted by Crippen LogP contribution is -2.46. The summed E-state index contributed by atoms with van der Waals surface area (Å²) >= 11 is 0. The minimum atomic E-state index is -1.31. The Balaban J connectivity index is 0.000000535. The van der Waals surface area contributed by atoms with Crippen LogP contribution in [0.1, 0.15) is 30.6 Å². The number of methoxy groups -OCH3 is 1. The lowest BCUT2D eigenvalue weighted by atomic mass is 9.87. The summed E-state index contributed by atoms with van der Waals surface area (Å²) in [4.78, 5) is 35.9. The fourth-order valence-corrected chi connectivity index (χ4v) is 1.42. The molecule has 0 fully saturated rings. The van der Waals surface area contributed by atoms with Crippen LogP contribution in [0.5, 0.6) is 0 Å². The number of amides is 1. The van der Waals surface area contributed by atoms with E-state index in [1.165, 1.54) is 25.6 Å². The zero-order valence-electron chi connectivity index (χ0n) is 14.4. The van der Waals surface area contributed by atoms with Crippen molar-refractivity contribution in [2.24, 2.45) is 5.41 Å². The van der Waals surface area contributed by atoms with E-state index in [0.717, 1.165) is 0 Å². The number of nitrogens with zero attached hydrogens (tertiary/aromatic N) is 1. The van der Waals surface area contributed by atoms with Crippen molar-refractivity contribution in [2.45, 2.75) is 26.4 Å². The fraction of sp³-hybridized carbons (Fsp3) is 0.500. The molecule has 1 aromatic heterocycles. The molecule has 25 heavy (non-hydrogen) atoms. The molecule has 0 aliphatic rings. The Bertz CT molecular complexity index is 561. The molecule has 1 heterocycles. The molecule has 0 saturated heterocycles. The highest BCUT2D eigenvalue weighted by molar-refractivity contribution is 5.86. The van der Waals surface area contributed by atoms with Crippen LogP contribution < -0.4 is 5.32 Å². The molecule has 0 aliphatic carbocycles. The van der Waals surface area contributed by atoms with Crippen LogP contribution in [0.2, 0.25) is 0 Å². The van der Waals surface area contributed by atoms with Gasteiger partial charge in [0.15, 0.2) is 0 Å². The van der Waals surface area contributed by atoms with Crippen molar-refractivity contribution in [1.29, 1.82) is 0 Å². The minimum Gasteiger partial charge on any atom is -0.478 e. The first-order valence-corrected chi connectivity index (χ1v) is 7.42. The molecule has 0 radical (unpaired) electrons. The van der Waals surface area contributed by atoms with E-state index in [1.54, 1.807) is 19.9 Å². The van der Waals surface area contributed by atoms with Gasteiger partial charge in [-0.25, -0.2) is 4.79 Å². The number of nitrogens with one attached hydrogen (secondary N) is 1. The number of aliphatic hydroxyl groups is 2. The monoisotopic (exact) mass is 356 g/mol. The van der Waals surface area contributed by atoms with Gasteiger partial charge in [-0.3, -0.25) is 14.6 Å². The molecular weight excluding hydrogens is 332 g/mol. The van der Waals surface area contributed by atoms with E-state index in [9.17, 15) is 19.5 Å². The van der Waals surface area contributed by atoms with Gasteiger partial charge < -0.3 is 25.4 Å². The minimum absolute atomic E-state index is 0.0501. The predicted molar refractivity (Wildman–Crippen MR) is 87.7 cm³/mol. The van der Waals surface area contributed by atoms with E-state index in [1.807, 2.05) is 0 Å². The number of hydrogen-bond acceptors (Lipinski definition) is 7. The normalized spacial score (nSPS) is 11.6. The lowest BCUT2D eigenvalue weighted by molar-refractivity contribution is -0.141. The molecule has 4 N–H and O–H groups in total. The lowest BCUT2D eigenvalue weighted by Gasteiger charge is -2.27. The number of aromatic carboxylic acids is 1. The number of aliphatic hydroxyl groups excluding tert-OH is 2. The summed E-state index contributed by atoms with van der Waals surface area (Å²) in [6.07, 6.45) is 1.58. The molecule has 9 nitrogen and oxygen atoms in total. The van der Waals surface area contributed by atoms with Crippen LogP contribution in [0.15, 0.2) is 24.5 Å². The number of esters is 1. The molecule has 1 atom stereocenters. The van der Waals surface area contributed by atoms with Crippen LogP contribution in [0.4, 0.5) is 0 Å². The van der Waals surface area contributed by atoms with Crippen molar-refractivity contribution in [3.63, 3.8) is 0 Å². The fourth-order valence-electron chi connectivity index (χ4n) is 1.42. The summed E-state index contributed by atoms with van der Waals surface area (Å²) in [7, 11) is 1.26. The Morgan fingerprint density at radius 3 is 2.40 bits per heavy atom. The third kappa shape index (κ3) is 8.77. The van der Waals surface area contributed by atoms with Crippen LogP contribution in [0, 0.1) is 5.41 Å². The molecule has 1 rings (SSSR count). The molecule has 9 heteroatoms. The van der Waals surface area contributed by atoms with Crippen LogP contribution in [-0.4, -0.2) is 64.5 Å². The van der Waals surface area contributed by atoms with Crippen molar-refractivity contribution in [3.05, 3.63) is 30.1 Å². The summed E-state index contributed by atoms with van der Waals surface area (Å²) < 4.78 is 4.39. The molecule has 140 valence electrons. The Morgan fingerprint density at radius 1 is 1.36 bits per heavy atom. The topological polar surface area (TPSA) is 146 Å². The van der Waals surface area contributed by atoms with Gasteiger partial charge in [0.1, 0.15) is 6.10 Å². The first-order chi connectivity index (χ1) is 11.7. The van der Waals surface area contributed by atoms with Gasteiger partial charge in [-0.1, -0.05) is 13.8 Å². The van der Waals surface area contributed by atoms with Gasteiger partial charge in [0, 0.05) is 24.4 Å². The highest BCUT2D eigenvalue weighted by Crippen LogP contribution is 2.19. The van der Waals surface area contributed by atoms with Gasteiger partial charge >= 0.3 is 11.9 Å². The first-order valence-electron chi connectivity index (χ1n) is 7.42. The number of carbonyl (C=O) groups is 3. The van der Waals surface area contributed by atoms with Crippen LogP contribution in [-0.2, 0) is 14.3 Å². The molecule has 0 aliphatic heterocycles. The zero-order valence-corrected chi connectivity index (χ0v) is 14.4. The zero-order chi connectivity index (χ0) is 19.5. The van der Waals surface area contributed by atoms with E-state index in [0.29, 0.717) is 0 Å². The smallest absolute Gasteiger partial charge is 0.337 e. The Kier molecular flexibility index (Phi) is 9.99. The summed E-state index contributed by atoms with van der Waals surface area (Å²) in [6.45, 7) is 2.93. The third-order valence-corrected chi connectivity index (χ3v) is 3.16. The number of carboxylic acid groups (broad SMARTS) is 1.